The first-order valence-corrected chi connectivity index (χ1v) is 5.75. The second-order valence-corrected chi connectivity index (χ2v) is 4.38. The summed E-state index contributed by atoms with van der Waals surface area (Å²) in [5.74, 6) is -1.04. The molecule has 3 atom stereocenters. The Bertz CT molecular complexity index is 280. The molecule has 1 saturated heterocycles. The normalized spacial score (nSPS) is 25.3. The van der Waals surface area contributed by atoms with Gasteiger partial charge in [-0.05, 0) is 12.8 Å². The van der Waals surface area contributed by atoms with E-state index in [-0.39, 0.29) is 17.9 Å². The summed E-state index contributed by atoms with van der Waals surface area (Å²) < 4.78 is 0. The van der Waals surface area contributed by atoms with Crippen LogP contribution in [0.15, 0.2) is 0 Å². The minimum Gasteiger partial charge on any atom is -0.480 e. The van der Waals surface area contributed by atoms with Gasteiger partial charge in [0.2, 0.25) is 5.91 Å². The molecule has 2 N–H and O–H groups in total. The van der Waals surface area contributed by atoms with Crippen molar-refractivity contribution in [2.75, 3.05) is 13.1 Å². The number of carbonyl (C=O) groups excluding carboxylic acids is 1. The summed E-state index contributed by atoms with van der Waals surface area (Å²) in [7, 11) is 0. The molecule has 1 aliphatic rings. The quantitative estimate of drug-likeness (QED) is 0.726. The fraction of sp³-hybridized carbons (Fsp3) is 0.818. The topological polar surface area (TPSA) is 69.6 Å². The Morgan fingerprint density at radius 1 is 1.69 bits per heavy atom. The monoisotopic (exact) mass is 228 g/mol. The van der Waals surface area contributed by atoms with Gasteiger partial charge in [-0.25, -0.2) is 4.79 Å². The van der Waals surface area contributed by atoms with E-state index in [0.717, 1.165) is 6.42 Å². The van der Waals surface area contributed by atoms with E-state index in [2.05, 4.69) is 5.32 Å². The molecule has 1 amide bonds. The van der Waals surface area contributed by atoms with E-state index in [1.165, 1.54) is 4.90 Å². The smallest absolute Gasteiger partial charge is 0.326 e. The average Bonchev–Trinajstić information content (AvgIpc) is 2.24. The van der Waals surface area contributed by atoms with Crippen LogP contribution in [0, 0.1) is 5.92 Å². The molecule has 0 saturated carbocycles. The number of carbonyl (C=O) groups is 2. The van der Waals surface area contributed by atoms with Gasteiger partial charge in [0, 0.05) is 13.1 Å². The van der Waals surface area contributed by atoms with E-state index in [9.17, 15) is 14.7 Å². The first-order valence-electron chi connectivity index (χ1n) is 5.75. The number of rotatable bonds is 4. The Labute approximate surface area is 95.8 Å². The number of amides is 1. The van der Waals surface area contributed by atoms with Crippen LogP contribution in [0.4, 0.5) is 0 Å². The van der Waals surface area contributed by atoms with Crippen LogP contribution >= 0.6 is 0 Å². The van der Waals surface area contributed by atoms with Crippen molar-refractivity contribution < 1.29 is 14.7 Å². The highest BCUT2D eigenvalue weighted by atomic mass is 16.4. The lowest BCUT2D eigenvalue weighted by molar-refractivity contribution is -0.154. The molecule has 0 bridgehead atoms. The lowest BCUT2D eigenvalue weighted by Gasteiger charge is -2.37. The van der Waals surface area contributed by atoms with Crippen molar-refractivity contribution in [3.63, 3.8) is 0 Å². The number of carboxylic acids is 1. The minimum atomic E-state index is -0.906. The van der Waals surface area contributed by atoms with Crippen molar-refractivity contribution in [3.8, 4) is 0 Å². The number of hydrogen-bond acceptors (Lipinski definition) is 3. The van der Waals surface area contributed by atoms with Gasteiger partial charge in [-0.2, -0.15) is 0 Å². The van der Waals surface area contributed by atoms with Gasteiger partial charge in [-0.1, -0.05) is 20.3 Å². The largest absolute Gasteiger partial charge is 0.480 e. The number of nitrogens with zero attached hydrogens (tertiary/aromatic N) is 1. The molecule has 0 aliphatic carbocycles. The third-order valence-corrected chi connectivity index (χ3v) is 3.23. The van der Waals surface area contributed by atoms with Gasteiger partial charge in [0.05, 0.1) is 6.04 Å². The zero-order valence-electron chi connectivity index (χ0n) is 10.1. The third kappa shape index (κ3) is 2.52. The molecule has 16 heavy (non-hydrogen) atoms. The van der Waals surface area contributed by atoms with Gasteiger partial charge >= 0.3 is 5.97 Å². The molecule has 5 heteroatoms. The number of hydrogen-bond donors (Lipinski definition) is 2. The molecule has 0 radical (unpaired) electrons. The molecule has 0 aromatic carbocycles. The van der Waals surface area contributed by atoms with Crippen LogP contribution in [0.1, 0.15) is 27.2 Å². The molecular weight excluding hydrogens is 208 g/mol. The molecule has 2 unspecified atom stereocenters. The summed E-state index contributed by atoms with van der Waals surface area (Å²) in [5, 5.41) is 12.2. The number of piperazine rings is 1. The first kappa shape index (κ1) is 13.0. The molecule has 1 aliphatic heterocycles. The standard InChI is InChI=1S/C11H20N2O3/c1-4-7(2)9(11(15)16)13-6-5-12-8(3)10(13)14/h7-9,12H,4-6H2,1-3H3,(H,15,16)/t7?,8-,9?/m0/s1. The van der Waals surface area contributed by atoms with Crippen LogP contribution in [0.5, 0.6) is 0 Å². The van der Waals surface area contributed by atoms with Crippen molar-refractivity contribution in [2.24, 2.45) is 5.92 Å². The molecule has 0 spiro atoms. The maximum Gasteiger partial charge on any atom is 0.326 e. The second-order valence-electron chi connectivity index (χ2n) is 4.38. The Morgan fingerprint density at radius 2 is 2.31 bits per heavy atom. The van der Waals surface area contributed by atoms with Crippen molar-refractivity contribution in [1.82, 2.24) is 10.2 Å². The lowest BCUT2D eigenvalue weighted by Crippen LogP contribution is -2.60. The van der Waals surface area contributed by atoms with Crippen LogP contribution < -0.4 is 5.32 Å². The van der Waals surface area contributed by atoms with Gasteiger partial charge in [-0.3, -0.25) is 4.79 Å². The van der Waals surface area contributed by atoms with Crippen LogP contribution in [0.2, 0.25) is 0 Å². The molecule has 0 aromatic heterocycles. The lowest BCUT2D eigenvalue weighted by atomic mass is 9.96. The Hall–Kier alpha value is -1.10. The van der Waals surface area contributed by atoms with Crippen molar-refractivity contribution in [1.29, 1.82) is 0 Å². The Balaban J connectivity index is 2.85. The SMILES string of the molecule is CCC(C)C(C(=O)O)N1CCN[C@@H](C)C1=O. The fourth-order valence-corrected chi connectivity index (χ4v) is 2.03. The Kier molecular flexibility index (Phi) is 4.29. The zero-order valence-corrected chi connectivity index (χ0v) is 10.1. The predicted octanol–water partition coefficient (Wildman–Crippen LogP) is 0.306. The van der Waals surface area contributed by atoms with E-state index in [1.807, 2.05) is 13.8 Å². The van der Waals surface area contributed by atoms with Crippen molar-refractivity contribution in [2.45, 2.75) is 39.3 Å². The molecule has 1 heterocycles. The van der Waals surface area contributed by atoms with E-state index in [4.69, 9.17) is 0 Å². The number of carboxylic acid groups (broad SMARTS) is 1. The van der Waals surface area contributed by atoms with Crippen LogP contribution in [0.3, 0.4) is 0 Å². The summed E-state index contributed by atoms with van der Waals surface area (Å²) in [4.78, 5) is 24.6. The summed E-state index contributed by atoms with van der Waals surface area (Å²) in [6.07, 6.45) is 0.753. The van der Waals surface area contributed by atoms with Crippen LogP contribution in [-0.4, -0.2) is 47.1 Å². The molecule has 0 aromatic rings. The number of aliphatic carboxylic acids is 1. The van der Waals surface area contributed by atoms with Gasteiger partial charge < -0.3 is 15.3 Å². The van der Waals surface area contributed by atoms with Gasteiger partial charge in [0.25, 0.3) is 0 Å². The molecule has 1 fully saturated rings. The minimum absolute atomic E-state index is 0.0215. The summed E-state index contributed by atoms with van der Waals surface area (Å²) in [6, 6.07) is -0.971. The van der Waals surface area contributed by atoms with E-state index < -0.39 is 12.0 Å². The Morgan fingerprint density at radius 3 is 2.81 bits per heavy atom. The van der Waals surface area contributed by atoms with Gasteiger partial charge in [-0.15, -0.1) is 0 Å². The van der Waals surface area contributed by atoms with Crippen LogP contribution in [-0.2, 0) is 9.59 Å². The summed E-state index contributed by atoms with van der Waals surface area (Å²) in [5.41, 5.74) is 0. The molecule has 1 rings (SSSR count). The van der Waals surface area contributed by atoms with Gasteiger partial charge in [0.15, 0.2) is 0 Å². The maximum absolute atomic E-state index is 11.9. The van der Waals surface area contributed by atoms with Gasteiger partial charge in [0.1, 0.15) is 6.04 Å². The molecule has 5 nitrogen and oxygen atoms in total. The summed E-state index contributed by atoms with van der Waals surface area (Å²) in [6.45, 7) is 6.72. The molecular formula is C11H20N2O3. The fourth-order valence-electron chi connectivity index (χ4n) is 2.03. The predicted molar refractivity (Wildman–Crippen MR) is 60.1 cm³/mol. The molecule has 92 valence electrons. The van der Waals surface area contributed by atoms with Crippen LogP contribution in [0.25, 0.3) is 0 Å². The van der Waals surface area contributed by atoms with E-state index >= 15 is 0 Å². The first-order chi connectivity index (χ1) is 7.49. The van der Waals surface area contributed by atoms with E-state index in [0.29, 0.717) is 13.1 Å². The third-order valence-electron chi connectivity index (χ3n) is 3.23. The second kappa shape index (κ2) is 5.30. The highest BCUT2D eigenvalue weighted by Gasteiger charge is 2.36. The maximum atomic E-state index is 11.9. The van der Waals surface area contributed by atoms with Crippen molar-refractivity contribution in [3.05, 3.63) is 0 Å². The highest BCUT2D eigenvalue weighted by molar-refractivity contribution is 5.87. The highest BCUT2D eigenvalue weighted by Crippen LogP contribution is 2.17. The average molecular weight is 228 g/mol. The summed E-state index contributed by atoms with van der Waals surface area (Å²) >= 11 is 0. The number of nitrogens with one attached hydrogen (secondary N) is 1. The van der Waals surface area contributed by atoms with E-state index in [1.54, 1.807) is 6.92 Å². The zero-order chi connectivity index (χ0) is 12.3. The van der Waals surface area contributed by atoms with Crippen molar-refractivity contribution >= 4 is 11.9 Å².